The van der Waals surface area contributed by atoms with Crippen LogP contribution in [0.1, 0.15) is 0 Å². The summed E-state index contributed by atoms with van der Waals surface area (Å²) in [7, 11) is 0. The fourth-order valence-corrected chi connectivity index (χ4v) is 5.43. The van der Waals surface area contributed by atoms with Crippen molar-refractivity contribution in [2.24, 2.45) is 21.7 Å². The number of carbonyl (C=O) groups excluding carboxylic acids is 16. The summed E-state index contributed by atoms with van der Waals surface area (Å²) < 4.78 is 15.8. The molecule has 0 radical (unpaired) electrons. The molecule has 0 aromatic heterocycles. The van der Waals surface area contributed by atoms with Gasteiger partial charge in [-0.2, -0.15) is 0 Å². The third-order valence-electron chi connectivity index (χ3n) is 8.28. The molecule has 8 amide bonds. The zero-order chi connectivity index (χ0) is 33.8. The van der Waals surface area contributed by atoms with Crippen LogP contribution in [-0.4, -0.2) is 128 Å². The average molecular weight is 644 g/mol. The van der Waals surface area contributed by atoms with Gasteiger partial charge >= 0.3 is 69.4 Å². The molecule has 0 aromatic carbocycles. The molecule has 8 aliphatic heterocycles. The molecule has 0 bridgehead atoms. The lowest BCUT2D eigenvalue weighted by Crippen LogP contribution is -2.83. The summed E-state index contributed by atoms with van der Waals surface area (Å²) in [5.41, 5.74) is -10.2. The van der Waals surface area contributed by atoms with E-state index in [4.69, 9.17) is 0 Å². The Balaban J connectivity index is 0.000000147. The first kappa shape index (κ1) is 27.9. The van der Waals surface area contributed by atoms with Crippen molar-refractivity contribution >= 4 is 95.0 Å². The third-order valence-corrected chi connectivity index (χ3v) is 8.28. The number of carbonyl (C=O) groups is 16. The number of hydrogen-bond donors (Lipinski definition) is 0. The Kier molecular flexibility index (Phi) is 4.61. The van der Waals surface area contributed by atoms with Crippen molar-refractivity contribution in [2.45, 2.75) is 0 Å². The highest BCUT2D eigenvalue weighted by atomic mass is 16.6. The smallest absolute Gasteiger partial charge is 0.351 e. The van der Waals surface area contributed by atoms with Gasteiger partial charge in [-0.05, 0) is 0 Å². The minimum absolute atomic E-state index is 0.301. The van der Waals surface area contributed by atoms with E-state index in [2.05, 4.69) is 18.9 Å². The summed E-state index contributed by atoms with van der Waals surface area (Å²) in [4.78, 5) is 185. The van der Waals surface area contributed by atoms with E-state index >= 15 is 0 Å². The highest BCUT2D eigenvalue weighted by molar-refractivity contribution is 6.53. The van der Waals surface area contributed by atoms with Gasteiger partial charge in [0.05, 0.1) is 0 Å². The van der Waals surface area contributed by atoms with Crippen LogP contribution in [0.3, 0.4) is 0 Å². The molecule has 24 heteroatoms. The second kappa shape index (κ2) is 7.60. The monoisotopic (exact) mass is 644 g/mol. The number of ether oxygens (including phenoxy) is 4. The average Bonchev–Trinajstić information content (AvgIpc) is 2.97. The van der Waals surface area contributed by atoms with Crippen LogP contribution in [0.15, 0.2) is 0 Å². The summed E-state index contributed by atoms with van der Waals surface area (Å²) in [5, 5.41) is 0. The molecule has 0 N–H and O–H groups in total. The maximum Gasteiger partial charge on any atom is 0.351 e. The summed E-state index contributed by atoms with van der Waals surface area (Å²) in [6.07, 6.45) is 0. The Bertz CT molecular complexity index is 1550. The van der Waals surface area contributed by atoms with Gasteiger partial charge < -0.3 is 18.9 Å². The number of nitrogens with zero attached hydrogens (tertiary/aromatic N) is 4. The molecule has 0 aliphatic carbocycles. The number of β-lactam (4-membered cyclic amide) rings is 8. The molecule has 0 unspecified atom stereocenters. The number of hydrogen-bond acceptors (Lipinski definition) is 20. The molecule has 8 rings (SSSR count). The van der Waals surface area contributed by atoms with Crippen molar-refractivity contribution in [3.63, 3.8) is 0 Å². The van der Waals surface area contributed by atoms with Crippen LogP contribution in [0.25, 0.3) is 0 Å². The van der Waals surface area contributed by atoms with E-state index in [1.165, 1.54) is 0 Å². The first-order valence-electron chi connectivity index (χ1n) is 12.0. The zero-order valence-electron chi connectivity index (χ0n) is 21.4. The molecule has 0 saturated carbocycles. The Labute approximate surface area is 245 Å². The SMILES string of the molecule is O=C1OC(=O)C12C(=O)N(CN1C(=O)C3(C(=O)OC3=O)C1=O)C2=O.O=C1OC(=O)C12C(=O)N(CN1C(=O)C3(C(=O)OC3=O)C1=O)C2=O. The summed E-state index contributed by atoms with van der Waals surface area (Å²) in [5.74, 6) is -20.6. The normalized spacial score (nSPS) is 26.6. The minimum atomic E-state index is -2.54. The second-order valence-corrected chi connectivity index (χ2v) is 10.1. The van der Waals surface area contributed by atoms with Crippen LogP contribution in [0.2, 0.25) is 0 Å². The predicted molar refractivity (Wildman–Crippen MR) is 111 cm³/mol. The first-order chi connectivity index (χ1) is 21.4. The number of amides is 8. The largest absolute Gasteiger partial charge is 0.390 e. The maximum absolute atomic E-state index is 11.8. The standard InChI is InChI=1S/2C11H2N2O10/c2*14-2-10(6(18)22-7(10)19)3(15)12(2)1-13-4(16)11(5(13)17)8(20)23-9(11)21/h2*1H2. The van der Waals surface area contributed by atoms with E-state index in [9.17, 15) is 76.7 Å². The number of likely N-dealkylation sites (tertiary alicyclic amines) is 4. The molecular weight excluding hydrogens is 640 g/mol. The van der Waals surface area contributed by atoms with E-state index in [0.29, 0.717) is 19.6 Å². The van der Waals surface area contributed by atoms with Crippen molar-refractivity contribution in [3.8, 4) is 0 Å². The molecule has 0 aromatic rings. The lowest BCUT2D eigenvalue weighted by Gasteiger charge is -2.51. The van der Waals surface area contributed by atoms with Gasteiger partial charge in [0.1, 0.15) is 13.3 Å². The van der Waals surface area contributed by atoms with Crippen LogP contribution in [0, 0.1) is 21.7 Å². The highest BCUT2D eigenvalue weighted by Crippen LogP contribution is 2.48. The van der Waals surface area contributed by atoms with Gasteiger partial charge in [0.25, 0.3) is 47.3 Å². The fourth-order valence-electron chi connectivity index (χ4n) is 5.43. The van der Waals surface area contributed by atoms with Crippen molar-refractivity contribution in [3.05, 3.63) is 0 Å². The summed E-state index contributed by atoms with van der Waals surface area (Å²) in [6, 6.07) is 0. The van der Waals surface area contributed by atoms with E-state index in [-0.39, 0.29) is 0 Å². The topological polar surface area (TPSA) is 323 Å². The van der Waals surface area contributed by atoms with E-state index < -0.39 is 130 Å². The van der Waals surface area contributed by atoms with Crippen molar-refractivity contribution in [1.29, 1.82) is 0 Å². The Morgan fingerprint density at radius 2 is 0.413 bits per heavy atom. The van der Waals surface area contributed by atoms with Crippen LogP contribution in [-0.2, 0) is 95.7 Å². The quantitative estimate of drug-likeness (QED) is 0.119. The van der Waals surface area contributed by atoms with Gasteiger partial charge in [0.2, 0.25) is 0 Å². The van der Waals surface area contributed by atoms with Gasteiger partial charge in [-0.1, -0.05) is 0 Å². The predicted octanol–water partition coefficient (Wildman–Crippen LogP) is -8.36. The molecule has 8 aliphatic rings. The van der Waals surface area contributed by atoms with Gasteiger partial charge in [-0.3, -0.25) is 58.0 Å². The van der Waals surface area contributed by atoms with Gasteiger partial charge in [-0.25, -0.2) is 38.4 Å². The van der Waals surface area contributed by atoms with Gasteiger partial charge in [0.15, 0.2) is 0 Å². The molecule has 8 heterocycles. The lowest BCUT2D eigenvalue weighted by atomic mass is 9.72. The van der Waals surface area contributed by atoms with E-state index in [1.54, 1.807) is 0 Å². The van der Waals surface area contributed by atoms with Crippen LogP contribution >= 0.6 is 0 Å². The van der Waals surface area contributed by atoms with Crippen LogP contribution < -0.4 is 0 Å². The number of cyclic esters (lactones) is 8. The molecule has 8 fully saturated rings. The molecule has 4 spiro atoms. The van der Waals surface area contributed by atoms with E-state index in [0.717, 1.165) is 0 Å². The molecule has 0 atom stereocenters. The molecule has 232 valence electrons. The van der Waals surface area contributed by atoms with Crippen LogP contribution in [0.4, 0.5) is 0 Å². The first-order valence-corrected chi connectivity index (χ1v) is 12.0. The minimum Gasteiger partial charge on any atom is -0.390 e. The summed E-state index contributed by atoms with van der Waals surface area (Å²) in [6.45, 7) is -1.83. The Morgan fingerprint density at radius 3 is 0.522 bits per heavy atom. The van der Waals surface area contributed by atoms with E-state index in [1.807, 2.05) is 0 Å². The van der Waals surface area contributed by atoms with Crippen molar-refractivity contribution in [2.75, 3.05) is 13.3 Å². The van der Waals surface area contributed by atoms with Crippen molar-refractivity contribution < 1.29 is 95.7 Å². The second-order valence-electron chi connectivity index (χ2n) is 10.1. The Hall–Kier alpha value is -6.88. The fraction of sp³-hybridized carbons (Fsp3) is 0.273. The highest BCUT2D eigenvalue weighted by Gasteiger charge is 2.85. The molecular formula is C22H4N4O20. The zero-order valence-corrected chi connectivity index (χ0v) is 21.4. The number of rotatable bonds is 4. The third kappa shape index (κ3) is 2.30. The van der Waals surface area contributed by atoms with Gasteiger partial charge in [0, 0.05) is 0 Å². The maximum atomic E-state index is 11.8. The summed E-state index contributed by atoms with van der Waals surface area (Å²) >= 11 is 0. The molecule has 8 saturated heterocycles. The Morgan fingerprint density at radius 1 is 0.283 bits per heavy atom. The van der Waals surface area contributed by atoms with Crippen LogP contribution in [0.5, 0.6) is 0 Å². The number of esters is 8. The van der Waals surface area contributed by atoms with Gasteiger partial charge in [-0.15, -0.1) is 0 Å². The van der Waals surface area contributed by atoms with Crippen molar-refractivity contribution in [1.82, 2.24) is 19.6 Å². The molecule has 24 nitrogen and oxygen atoms in total. The molecule has 46 heavy (non-hydrogen) atoms. The number of imide groups is 4. The lowest BCUT2D eigenvalue weighted by molar-refractivity contribution is -0.223.